The molecule has 1 atom stereocenters. The number of aromatic nitrogens is 2. The van der Waals surface area contributed by atoms with Gasteiger partial charge in [-0.2, -0.15) is 4.31 Å². The van der Waals surface area contributed by atoms with Crippen LogP contribution >= 0.6 is 22.9 Å². The highest BCUT2D eigenvalue weighted by atomic mass is 35.5. The van der Waals surface area contributed by atoms with Gasteiger partial charge in [0.15, 0.2) is 5.13 Å². The standard InChI is InChI=1S/C26H25ClN4O4S2/c1-30(17-21-5-3-13-35-21)37(33,34)22-9-6-19(7-10-22)25(32)31(16-18-4-2-12-28-15-18)26-29-23-11-8-20(27)14-24(23)36-26/h2,4,6-12,14-15,21H,3,5,13,16-17H2,1H3. The molecule has 0 spiro atoms. The fraction of sp³-hybridized carbons (Fsp3) is 0.269. The Morgan fingerprint density at radius 3 is 2.70 bits per heavy atom. The van der Waals surface area contributed by atoms with Crippen molar-refractivity contribution in [1.29, 1.82) is 0 Å². The van der Waals surface area contributed by atoms with Crippen LogP contribution in [0.4, 0.5) is 5.13 Å². The van der Waals surface area contributed by atoms with Crippen LogP contribution in [0.1, 0.15) is 28.8 Å². The number of rotatable bonds is 8. The second kappa shape index (κ2) is 10.8. The van der Waals surface area contributed by atoms with Crippen molar-refractivity contribution >= 4 is 54.2 Å². The van der Waals surface area contributed by atoms with Gasteiger partial charge >= 0.3 is 0 Å². The Kier molecular flexibility index (Phi) is 7.55. The lowest BCUT2D eigenvalue weighted by Crippen LogP contribution is -2.34. The van der Waals surface area contributed by atoms with E-state index in [2.05, 4.69) is 9.97 Å². The van der Waals surface area contributed by atoms with Gasteiger partial charge in [-0.3, -0.25) is 14.7 Å². The number of likely N-dealkylation sites (N-methyl/N-ethyl adjacent to an activating group) is 1. The Morgan fingerprint density at radius 2 is 2.00 bits per heavy atom. The number of anilines is 1. The summed E-state index contributed by atoms with van der Waals surface area (Å²) < 4.78 is 33.9. The Labute approximate surface area is 224 Å². The number of benzene rings is 2. The predicted octanol–water partition coefficient (Wildman–Crippen LogP) is 4.99. The summed E-state index contributed by atoms with van der Waals surface area (Å²) in [6, 6.07) is 15.1. The van der Waals surface area contributed by atoms with Gasteiger partial charge in [-0.15, -0.1) is 0 Å². The van der Waals surface area contributed by atoms with Crippen LogP contribution in [0.15, 0.2) is 71.9 Å². The summed E-state index contributed by atoms with van der Waals surface area (Å²) in [6.07, 6.45) is 5.06. The maximum absolute atomic E-state index is 13.7. The fourth-order valence-corrected chi connectivity index (χ4v) is 6.62. The summed E-state index contributed by atoms with van der Waals surface area (Å²) in [6.45, 7) is 1.21. The molecule has 0 saturated carbocycles. The molecule has 2 aromatic heterocycles. The van der Waals surface area contributed by atoms with Crippen LogP contribution in [0.2, 0.25) is 5.02 Å². The fourth-order valence-electron chi connectivity index (χ4n) is 4.18. The van der Waals surface area contributed by atoms with E-state index in [1.165, 1.54) is 39.9 Å². The minimum atomic E-state index is -3.71. The molecule has 1 saturated heterocycles. The van der Waals surface area contributed by atoms with Crippen molar-refractivity contribution in [3.63, 3.8) is 0 Å². The molecule has 1 unspecified atom stereocenters. The molecule has 8 nitrogen and oxygen atoms in total. The number of carbonyl (C=O) groups excluding carboxylic acids is 1. The molecule has 0 radical (unpaired) electrons. The molecule has 1 fully saturated rings. The Morgan fingerprint density at radius 1 is 1.19 bits per heavy atom. The van der Waals surface area contributed by atoms with Crippen LogP contribution in [0.5, 0.6) is 0 Å². The molecule has 0 bridgehead atoms. The summed E-state index contributed by atoms with van der Waals surface area (Å²) >= 11 is 7.51. The first-order valence-electron chi connectivity index (χ1n) is 11.8. The van der Waals surface area contributed by atoms with Gasteiger partial charge < -0.3 is 4.74 Å². The molecule has 3 heterocycles. The molecule has 2 aromatic carbocycles. The van der Waals surface area contributed by atoms with E-state index in [4.69, 9.17) is 16.3 Å². The average Bonchev–Trinajstić information content (AvgIpc) is 3.57. The van der Waals surface area contributed by atoms with Gasteiger partial charge in [-0.1, -0.05) is 29.0 Å². The van der Waals surface area contributed by atoms with Gasteiger partial charge in [0.25, 0.3) is 5.91 Å². The Hall–Kier alpha value is -2.89. The molecule has 5 rings (SSSR count). The number of ether oxygens (including phenoxy) is 1. The predicted molar refractivity (Wildman–Crippen MR) is 145 cm³/mol. The monoisotopic (exact) mass is 556 g/mol. The summed E-state index contributed by atoms with van der Waals surface area (Å²) in [5.41, 5.74) is 1.93. The number of carbonyl (C=O) groups is 1. The molecular formula is C26H25ClN4O4S2. The number of sulfonamides is 1. The zero-order chi connectivity index (χ0) is 26.0. The number of nitrogens with zero attached hydrogens (tertiary/aromatic N) is 4. The van der Waals surface area contributed by atoms with E-state index in [-0.39, 0.29) is 23.5 Å². The molecule has 1 aliphatic heterocycles. The third-order valence-electron chi connectivity index (χ3n) is 6.17. The van der Waals surface area contributed by atoms with Crippen LogP contribution in [0.3, 0.4) is 0 Å². The molecule has 1 aliphatic rings. The van der Waals surface area contributed by atoms with Crippen molar-refractivity contribution < 1.29 is 17.9 Å². The summed E-state index contributed by atoms with van der Waals surface area (Å²) in [5, 5.41) is 1.10. The largest absolute Gasteiger partial charge is 0.377 e. The number of fused-ring (bicyclic) bond motifs is 1. The number of pyridine rings is 1. The van der Waals surface area contributed by atoms with Crippen molar-refractivity contribution in [2.45, 2.75) is 30.4 Å². The van der Waals surface area contributed by atoms with Crippen molar-refractivity contribution in [2.75, 3.05) is 25.1 Å². The Balaban J connectivity index is 1.42. The first-order valence-corrected chi connectivity index (χ1v) is 14.4. The molecule has 0 aliphatic carbocycles. The molecule has 0 N–H and O–H groups in total. The summed E-state index contributed by atoms with van der Waals surface area (Å²) in [5.74, 6) is -0.300. The maximum Gasteiger partial charge on any atom is 0.260 e. The van der Waals surface area contributed by atoms with Gasteiger partial charge in [-0.05, 0) is 66.9 Å². The van der Waals surface area contributed by atoms with Gasteiger partial charge in [0.1, 0.15) is 0 Å². The molecule has 192 valence electrons. The molecule has 11 heteroatoms. The second-order valence-electron chi connectivity index (χ2n) is 8.81. The lowest BCUT2D eigenvalue weighted by molar-refractivity contribution is 0.0978. The van der Waals surface area contributed by atoms with E-state index in [0.29, 0.717) is 28.9 Å². The van der Waals surface area contributed by atoms with E-state index >= 15 is 0 Å². The summed E-state index contributed by atoms with van der Waals surface area (Å²) in [7, 11) is -2.17. The van der Waals surface area contributed by atoms with Gasteiger partial charge in [0.2, 0.25) is 10.0 Å². The minimum Gasteiger partial charge on any atom is -0.377 e. The third kappa shape index (κ3) is 5.68. The number of hydrogen-bond donors (Lipinski definition) is 0. The third-order valence-corrected chi connectivity index (χ3v) is 9.29. The molecule has 4 aromatic rings. The van der Waals surface area contributed by atoms with E-state index < -0.39 is 10.0 Å². The van der Waals surface area contributed by atoms with Crippen LogP contribution in [-0.2, 0) is 21.3 Å². The van der Waals surface area contributed by atoms with E-state index in [1.807, 2.05) is 24.3 Å². The van der Waals surface area contributed by atoms with Crippen molar-refractivity contribution in [2.24, 2.45) is 0 Å². The lowest BCUT2D eigenvalue weighted by atomic mass is 10.2. The topological polar surface area (TPSA) is 92.7 Å². The molecule has 37 heavy (non-hydrogen) atoms. The maximum atomic E-state index is 13.7. The highest BCUT2D eigenvalue weighted by molar-refractivity contribution is 7.89. The van der Waals surface area contributed by atoms with Crippen LogP contribution < -0.4 is 4.90 Å². The Bertz CT molecular complexity index is 1500. The molecule has 1 amide bonds. The van der Waals surface area contributed by atoms with Gasteiger partial charge in [0.05, 0.1) is 27.8 Å². The van der Waals surface area contributed by atoms with Crippen LogP contribution in [0.25, 0.3) is 10.2 Å². The average molecular weight is 557 g/mol. The molecular weight excluding hydrogens is 532 g/mol. The van der Waals surface area contributed by atoms with Crippen molar-refractivity contribution in [3.8, 4) is 0 Å². The van der Waals surface area contributed by atoms with E-state index in [9.17, 15) is 13.2 Å². The highest BCUT2D eigenvalue weighted by Crippen LogP contribution is 2.32. The number of halogens is 1. The second-order valence-corrected chi connectivity index (χ2v) is 12.3. The lowest BCUT2D eigenvalue weighted by Gasteiger charge is -2.21. The SMILES string of the molecule is CN(CC1CCCO1)S(=O)(=O)c1ccc(C(=O)N(Cc2cccnc2)c2nc3ccc(Cl)cc3s2)cc1. The van der Waals surface area contributed by atoms with Gasteiger partial charge in [-0.25, -0.2) is 13.4 Å². The minimum absolute atomic E-state index is 0.0923. The quantitative estimate of drug-likeness (QED) is 0.303. The van der Waals surface area contributed by atoms with E-state index in [1.54, 1.807) is 30.4 Å². The van der Waals surface area contributed by atoms with Gasteiger partial charge in [0, 0.05) is 43.2 Å². The zero-order valence-electron chi connectivity index (χ0n) is 20.1. The number of thiazole rings is 1. The normalized spacial score (nSPS) is 15.9. The van der Waals surface area contributed by atoms with Crippen LogP contribution in [0, 0.1) is 0 Å². The smallest absolute Gasteiger partial charge is 0.260 e. The van der Waals surface area contributed by atoms with Crippen molar-refractivity contribution in [3.05, 3.63) is 83.1 Å². The highest BCUT2D eigenvalue weighted by Gasteiger charge is 2.27. The van der Waals surface area contributed by atoms with Crippen LogP contribution in [-0.4, -0.2) is 54.9 Å². The summed E-state index contributed by atoms with van der Waals surface area (Å²) in [4.78, 5) is 24.2. The number of hydrogen-bond acceptors (Lipinski definition) is 7. The first-order chi connectivity index (χ1) is 17.8. The number of amides is 1. The first kappa shape index (κ1) is 25.7. The van der Waals surface area contributed by atoms with Crippen molar-refractivity contribution in [1.82, 2.24) is 14.3 Å². The van der Waals surface area contributed by atoms with E-state index in [0.717, 1.165) is 28.6 Å². The zero-order valence-corrected chi connectivity index (χ0v) is 22.5.